The zero-order valence-electron chi connectivity index (χ0n) is 13.2. The van der Waals surface area contributed by atoms with Gasteiger partial charge in [0.1, 0.15) is 10.8 Å². The third-order valence-corrected chi connectivity index (χ3v) is 5.40. The molecule has 0 radical (unpaired) electrons. The molecule has 2 amide bonds. The van der Waals surface area contributed by atoms with Gasteiger partial charge in [-0.2, -0.15) is 0 Å². The lowest BCUT2D eigenvalue weighted by atomic mass is 9.95. The van der Waals surface area contributed by atoms with Crippen LogP contribution in [-0.2, 0) is 12.8 Å². The summed E-state index contributed by atoms with van der Waals surface area (Å²) in [5.41, 5.74) is 6.81. The van der Waals surface area contributed by atoms with Gasteiger partial charge in [-0.1, -0.05) is 12.1 Å². The number of halogens is 1. The Hall–Kier alpha value is -2.32. The van der Waals surface area contributed by atoms with E-state index in [0.29, 0.717) is 10.6 Å². The standard InChI is InChI=1S/C17H16FN3O2S2/c18-11-7-3-1-5-9(11)15(23)20-17(24)21-16-13(14(19)22)10-6-2-4-8-12(10)25-16/h1,3,5,7H,2,4,6,8H2,(H2,19,22)(H2,20,21,23,24). The Bertz CT molecular complexity index is 864. The van der Waals surface area contributed by atoms with E-state index < -0.39 is 17.6 Å². The van der Waals surface area contributed by atoms with Crippen molar-refractivity contribution in [1.82, 2.24) is 5.32 Å². The number of carbonyl (C=O) groups is 2. The van der Waals surface area contributed by atoms with Crippen molar-refractivity contribution in [3.8, 4) is 0 Å². The number of benzene rings is 1. The summed E-state index contributed by atoms with van der Waals surface area (Å²) in [6, 6.07) is 5.63. The number of primary amides is 1. The van der Waals surface area contributed by atoms with Crippen LogP contribution in [0.2, 0.25) is 0 Å². The van der Waals surface area contributed by atoms with Gasteiger partial charge in [0.05, 0.1) is 11.1 Å². The predicted octanol–water partition coefficient (Wildman–Crippen LogP) is 2.99. The molecular weight excluding hydrogens is 361 g/mol. The molecule has 130 valence electrons. The molecule has 1 heterocycles. The number of carbonyl (C=O) groups excluding carboxylic acids is 2. The molecule has 0 saturated heterocycles. The second-order valence-electron chi connectivity index (χ2n) is 5.67. The average Bonchev–Trinajstić information content (AvgIpc) is 2.92. The monoisotopic (exact) mass is 377 g/mol. The number of rotatable bonds is 3. The van der Waals surface area contributed by atoms with Gasteiger partial charge in [0.15, 0.2) is 5.11 Å². The molecule has 4 N–H and O–H groups in total. The van der Waals surface area contributed by atoms with Gasteiger partial charge in [0.25, 0.3) is 11.8 Å². The molecule has 3 rings (SSSR count). The van der Waals surface area contributed by atoms with Crippen molar-refractivity contribution in [2.75, 3.05) is 5.32 Å². The van der Waals surface area contributed by atoms with Crippen molar-refractivity contribution in [1.29, 1.82) is 0 Å². The number of aryl methyl sites for hydroxylation is 1. The maximum Gasteiger partial charge on any atom is 0.260 e. The van der Waals surface area contributed by atoms with Crippen molar-refractivity contribution < 1.29 is 14.0 Å². The number of thiocarbonyl (C=S) groups is 1. The fourth-order valence-corrected chi connectivity index (χ4v) is 4.42. The number of hydrogen-bond donors (Lipinski definition) is 3. The number of thiophene rings is 1. The van der Waals surface area contributed by atoms with Gasteiger partial charge in [-0.05, 0) is 55.6 Å². The van der Waals surface area contributed by atoms with Crippen LogP contribution < -0.4 is 16.4 Å². The Labute approximate surface area is 153 Å². The molecule has 1 aromatic carbocycles. The van der Waals surface area contributed by atoms with Crippen molar-refractivity contribution in [2.45, 2.75) is 25.7 Å². The molecule has 1 aliphatic carbocycles. The summed E-state index contributed by atoms with van der Waals surface area (Å²) in [5, 5.41) is 5.81. The first kappa shape index (κ1) is 17.5. The molecule has 2 aromatic rings. The van der Waals surface area contributed by atoms with E-state index in [2.05, 4.69) is 10.6 Å². The van der Waals surface area contributed by atoms with Crippen LogP contribution in [0.1, 0.15) is 44.0 Å². The molecule has 0 saturated carbocycles. The van der Waals surface area contributed by atoms with Crippen molar-refractivity contribution in [3.05, 3.63) is 51.7 Å². The van der Waals surface area contributed by atoms with Crippen molar-refractivity contribution in [3.63, 3.8) is 0 Å². The van der Waals surface area contributed by atoms with Crippen LogP contribution in [0.25, 0.3) is 0 Å². The highest BCUT2D eigenvalue weighted by Crippen LogP contribution is 2.37. The van der Waals surface area contributed by atoms with E-state index in [1.165, 1.54) is 29.5 Å². The number of amides is 2. The first-order valence-corrected chi connectivity index (χ1v) is 9.01. The first-order chi connectivity index (χ1) is 12.0. The molecule has 0 aliphatic heterocycles. The van der Waals surface area contributed by atoms with Crippen LogP contribution in [0.3, 0.4) is 0 Å². The average molecular weight is 377 g/mol. The van der Waals surface area contributed by atoms with Crippen LogP contribution in [0, 0.1) is 5.82 Å². The van der Waals surface area contributed by atoms with E-state index in [-0.39, 0.29) is 10.7 Å². The van der Waals surface area contributed by atoms with E-state index >= 15 is 0 Å². The SMILES string of the molecule is NC(=O)c1c(NC(=S)NC(=O)c2ccccc2F)sc2c1CCCC2. The molecule has 5 nitrogen and oxygen atoms in total. The summed E-state index contributed by atoms with van der Waals surface area (Å²) in [7, 11) is 0. The van der Waals surface area contributed by atoms with Crippen LogP contribution in [-0.4, -0.2) is 16.9 Å². The highest BCUT2D eigenvalue weighted by Gasteiger charge is 2.24. The van der Waals surface area contributed by atoms with Crippen molar-refractivity contribution >= 4 is 45.5 Å². The van der Waals surface area contributed by atoms with E-state index in [1.54, 1.807) is 6.07 Å². The summed E-state index contributed by atoms with van der Waals surface area (Å²) in [5.74, 6) is -1.81. The summed E-state index contributed by atoms with van der Waals surface area (Å²) in [4.78, 5) is 25.1. The highest BCUT2D eigenvalue weighted by atomic mass is 32.1. The molecule has 8 heteroatoms. The molecule has 1 aliphatic rings. The lowest BCUT2D eigenvalue weighted by Crippen LogP contribution is -2.34. The minimum absolute atomic E-state index is 0.00523. The molecular formula is C17H16FN3O2S2. The topological polar surface area (TPSA) is 84.2 Å². The number of hydrogen-bond acceptors (Lipinski definition) is 4. The van der Waals surface area contributed by atoms with Crippen LogP contribution in [0.4, 0.5) is 9.39 Å². The Morgan fingerprint density at radius 1 is 1.20 bits per heavy atom. The van der Waals surface area contributed by atoms with Gasteiger partial charge in [0.2, 0.25) is 0 Å². The number of anilines is 1. The van der Waals surface area contributed by atoms with Crippen LogP contribution in [0.5, 0.6) is 0 Å². The molecule has 0 atom stereocenters. The second-order valence-corrected chi connectivity index (χ2v) is 7.18. The third-order valence-electron chi connectivity index (χ3n) is 3.99. The van der Waals surface area contributed by atoms with Gasteiger partial charge >= 0.3 is 0 Å². The number of nitrogens with one attached hydrogen (secondary N) is 2. The van der Waals surface area contributed by atoms with Gasteiger partial charge in [-0.15, -0.1) is 11.3 Å². The Kier molecular flexibility index (Phi) is 5.10. The quantitative estimate of drug-likeness (QED) is 0.718. The number of fused-ring (bicyclic) bond motifs is 1. The first-order valence-electron chi connectivity index (χ1n) is 7.78. The van der Waals surface area contributed by atoms with Gasteiger partial charge in [-0.25, -0.2) is 4.39 Å². The minimum atomic E-state index is -0.655. The lowest BCUT2D eigenvalue weighted by molar-refractivity contribution is 0.0971. The summed E-state index contributed by atoms with van der Waals surface area (Å²) in [6.07, 6.45) is 3.79. The summed E-state index contributed by atoms with van der Waals surface area (Å²) in [6.45, 7) is 0. The van der Waals surface area contributed by atoms with Crippen molar-refractivity contribution in [2.24, 2.45) is 5.73 Å². The zero-order chi connectivity index (χ0) is 18.0. The predicted molar refractivity (Wildman–Crippen MR) is 99.6 cm³/mol. The zero-order valence-corrected chi connectivity index (χ0v) is 14.9. The Morgan fingerprint density at radius 3 is 2.64 bits per heavy atom. The summed E-state index contributed by atoms with van der Waals surface area (Å²) >= 11 is 6.55. The summed E-state index contributed by atoms with van der Waals surface area (Å²) < 4.78 is 13.7. The van der Waals surface area contributed by atoms with Crippen LogP contribution in [0.15, 0.2) is 24.3 Å². The lowest BCUT2D eigenvalue weighted by Gasteiger charge is -2.11. The van der Waals surface area contributed by atoms with E-state index in [0.717, 1.165) is 36.1 Å². The normalized spacial score (nSPS) is 13.0. The minimum Gasteiger partial charge on any atom is -0.365 e. The van der Waals surface area contributed by atoms with Gasteiger partial charge < -0.3 is 11.1 Å². The smallest absolute Gasteiger partial charge is 0.260 e. The maximum absolute atomic E-state index is 13.7. The molecule has 0 spiro atoms. The fourth-order valence-electron chi connectivity index (χ4n) is 2.86. The molecule has 0 fully saturated rings. The van der Waals surface area contributed by atoms with Gasteiger partial charge in [0, 0.05) is 4.88 Å². The van der Waals surface area contributed by atoms with E-state index in [9.17, 15) is 14.0 Å². The Balaban J connectivity index is 1.77. The molecule has 0 bridgehead atoms. The van der Waals surface area contributed by atoms with E-state index in [1.807, 2.05) is 0 Å². The maximum atomic E-state index is 13.7. The molecule has 0 unspecified atom stereocenters. The third kappa shape index (κ3) is 3.69. The largest absolute Gasteiger partial charge is 0.365 e. The molecule has 1 aromatic heterocycles. The Morgan fingerprint density at radius 2 is 1.92 bits per heavy atom. The van der Waals surface area contributed by atoms with Crippen LogP contribution >= 0.6 is 23.6 Å². The second kappa shape index (κ2) is 7.28. The highest BCUT2D eigenvalue weighted by molar-refractivity contribution is 7.80. The molecule has 25 heavy (non-hydrogen) atoms. The number of nitrogens with two attached hydrogens (primary N) is 1. The fraction of sp³-hybridized carbons (Fsp3) is 0.235. The van der Waals surface area contributed by atoms with Gasteiger partial charge in [-0.3, -0.25) is 14.9 Å². The van der Waals surface area contributed by atoms with E-state index in [4.69, 9.17) is 18.0 Å².